The number of nitrogens with zero attached hydrogens (tertiary/aromatic N) is 1. The zero-order valence-electron chi connectivity index (χ0n) is 11.7. The number of ether oxygens (including phenoxy) is 2. The van der Waals surface area contributed by atoms with Crippen LogP contribution in [-0.2, 0) is 14.3 Å². The standard InChI is InChI=1S/C16H21NO3/c1-14-13-19-11-5-9-17(10-6-12-20-16(14)18)15-7-3-2-4-8-15/h2-4,7-8H,1,5-6,9-13H2. The van der Waals surface area contributed by atoms with Gasteiger partial charge in [-0.2, -0.15) is 0 Å². The molecule has 4 heteroatoms. The van der Waals surface area contributed by atoms with Gasteiger partial charge in [0.2, 0.25) is 0 Å². The van der Waals surface area contributed by atoms with Crippen LogP contribution in [0.25, 0.3) is 0 Å². The number of esters is 1. The SMILES string of the molecule is C=C1COCCCN(c2ccccc2)CCCOC1=O. The molecule has 1 aromatic carbocycles. The van der Waals surface area contributed by atoms with Gasteiger partial charge in [-0.05, 0) is 25.0 Å². The Morgan fingerprint density at radius 3 is 2.50 bits per heavy atom. The second-order valence-corrected chi connectivity index (χ2v) is 4.82. The minimum Gasteiger partial charge on any atom is -0.462 e. The van der Waals surface area contributed by atoms with Gasteiger partial charge in [-0.25, -0.2) is 4.79 Å². The first kappa shape index (κ1) is 14.6. The van der Waals surface area contributed by atoms with Crippen molar-refractivity contribution in [3.63, 3.8) is 0 Å². The molecule has 20 heavy (non-hydrogen) atoms. The number of para-hydroxylation sites is 1. The summed E-state index contributed by atoms with van der Waals surface area (Å²) in [5.74, 6) is -0.350. The van der Waals surface area contributed by atoms with Crippen LogP contribution in [0.3, 0.4) is 0 Å². The summed E-state index contributed by atoms with van der Waals surface area (Å²) in [4.78, 5) is 13.9. The van der Waals surface area contributed by atoms with Crippen LogP contribution in [-0.4, -0.2) is 38.9 Å². The maximum atomic E-state index is 11.6. The van der Waals surface area contributed by atoms with Crippen LogP contribution in [0, 0.1) is 0 Å². The molecule has 2 rings (SSSR count). The van der Waals surface area contributed by atoms with E-state index in [1.807, 2.05) is 18.2 Å². The van der Waals surface area contributed by atoms with E-state index in [0.717, 1.165) is 25.9 Å². The van der Waals surface area contributed by atoms with Crippen LogP contribution >= 0.6 is 0 Å². The van der Waals surface area contributed by atoms with Crippen molar-refractivity contribution in [2.75, 3.05) is 37.8 Å². The fourth-order valence-corrected chi connectivity index (χ4v) is 2.14. The summed E-state index contributed by atoms with van der Waals surface area (Å²) >= 11 is 0. The Morgan fingerprint density at radius 2 is 1.75 bits per heavy atom. The number of anilines is 1. The molecule has 1 aliphatic heterocycles. The third-order valence-electron chi connectivity index (χ3n) is 3.21. The van der Waals surface area contributed by atoms with Gasteiger partial charge in [0.25, 0.3) is 0 Å². The highest BCUT2D eigenvalue weighted by Crippen LogP contribution is 2.14. The molecule has 0 aliphatic carbocycles. The molecule has 1 heterocycles. The average Bonchev–Trinajstić information content (AvgIpc) is 2.48. The molecule has 1 fully saturated rings. The maximum Gasteiger partial charge on any atom is 0.335 e. The highest BCUT2D eigenvalue weighted by Gasteiger charge is 2.11. The van der Waals surface area contributed by atoms with Crippen LogP contribution in [0.15, 0.2) is 42.5 Å². The van der Waals surface area contributed by atoms with E-state index in [4.69, 9.17) is 9.47 Å². The summed E-state index contributed by atoms with van der Waals surface area (Å²) in [6, 6.07) is 10.3. The van der Waals surface area contributed by atoms with E-state index < -0.39 is 0 Å². The van der Waals surface area contributed by atoms with Crippen molar-refractivity contribution in [2.45, 2.75) is 12.8 Å². The van der Waals surface area contributed by atoms with E-state index in [2.05, 4.69) is 23.6 Å². The topological polar surface area (TPSA) is 38.8 Å². The summed E-state index contributed by atoms with van der Waals surface area (Å²) < 4.78 is 10.6. The molecule has 1 aliphatic rings. The van der Waals surface area contributed by atoms with Gasteiger partial charge >= 0.3 is 5.97 Å². The van der Waals surface area contributed by atoms with Crippen LogP contribution in [0.5, 0.6) is 0 Å². The molecular formula is C16H21NO3. The molecule has 0 N–H and O–H groups in total. The molecule has 0 saturated carbocycles. The minimum atomic E-state index is -0.350. The number of rotatable bonds is 1. The van der Waals surface area contributed by atoms with Gasteiger partial charge in [-0.3, -0.25) is 0 Å². The second kappa shape index (κ2) is 7.70. The number of hydrogen-bond donors (Lipinski definition) is 0. The fourth-order valence-electron chi connectivity index (χ4n) is 2.14. The van der Waals surface area contributed by atoms with Gasteiger partial charge in [-0.1, -0.05) is 24.8 Å². The van der Waals surface area contributed by atoms with Crippen molar-refractivity contribution < 1.29 is 14.3 Å². The second-order valence-electron chi connectivity index (χ2n) is 4.82. The number of benzene rings is 1. The van der Waals surface area contributed by atoms with Crippen molar-refractivity contribution in [3.05, 3.63) is 42.5 Å². The number of cyclic esters (lactones) is 1. The zero-order chi connectivity index (χ0) is 14.2. The number of carbonyl (C=O) groups excluding carboxylic acids is 1. The minimum absolute atomic E-state index is 0.254. The number of carbonyl (C=O) groups is 1. The molecule has 0 aromatic heterocycles. The van der Waals surface area contributed by atoms with E-state index in [0.29, 0.717) is 18.8 Å². The van der Waals surface area contributed by atoms with Gasteiger partial charge < -0.3 is 14.4 Å². The monoisotopic (exact) mass is 275 g/mol. The Morgan fingerprint density at radius 1 is 1.05 bits per heavy atom. The van der Waals surface area contributed by atoms with Crippen molar-refractivity contribution in [1.29, 1.82) is 0 Å². The zero-order valence-corrected chi connectivity index (χ0v) is 11.7. The van der Waals surface area contributed by atoms with Gasteiger partial charge in [0.05, 0.1) is 18.8 Å². The highest BCUT2D eigenvalue weighted by atomic mass is 16.5. The molecule has 0 amide bonds. The lowest BCUT2D eigenvalue weighted by Gasteiger charge is -2.25. The Hall–Kier alpha value is -1.81. The van der Waals surface area contributed by atoms with E-state index >= 15 is 0 Å². The molecule has 0 spiro atoms. The highest BCUT2D eigenvalue weighted by molar-refractivity contribution is 5.87. The van der Waals surface area contributed by atoms with Crippen molar-refractivity contribution in [3.8, 4) is 0 Å². The van der Waals surface area contributed by atoms with E-state index in [-0.39, 0.29) is 12.6 Å². The molecule has 1 saturated heterocycles. The predicted octanol–water partition coefficient (Wildman–Crippen LogP) is 2.40. The Kier molecular flexibility index (Phi) is 5.62. The summed E-state index contributed by atoms with van der Waals surface area (Å²) in [6.45, 7) is 6.77. The van der Waals surface area contributed by atoms with Gasteiger partial charge in [0, 0.05) is 25.4 Å². The van der Waals surface area contributed by atoms with Crippen LogP contribution in [0.4, 0.5) is 5.69 Å². The van der Waals surface area contributed by atoms with Crippen LogP contribution < -0.4 is 4.90 Å². The first-order valence-electron chi connectivity index (χ1n) is 7.00. The summed E-state index contributed by atoms with van der Waals surface area (Å²) in [6.07, 6.45) is 1.74. The maximum absolute atomic E-state index is 11.6. The summed E-state index contributed by atoms with van der Waals surface area (Å²) in [5, 5.41) is 0. The quantitative estimate of drug-likeness (QED) is 0.583. The van der Waals surface area contributed by atoms with Crippen LogP contribution in [0.1, 0.15) is 12.8 Å². The molecular weight excluding hydrogens is 254 g/mol. The summed E-state index contributed by atoms with van der Waals surface area (Å²) in [7, 11) is 0. The third kappa shape index (κ3) is 4.38. The van der Waals surface area contributed by atoms with E-state index in [1.165, 1.54) is 5.69 Å². The molecule has 108 valence electrons. The van der Waals surface area contributed by atoms with Crippen molar-refractivity contribution >= 4 is 11.7 Å². The molecule has 0 bridgehead atoms. The van der Waals surface area contributed by atoms with Crippen molar-refractivity contribution in [1.82, 2.24) is 0 Å². The number of hydrogen-bond acceptors (Lipinski definition) is 4. The Labute approximate surface area is 120 Å². The smallest absolute Gasteiger partial charge is 0.335 e. The Bertz CT molecular complexity index is 444. The first-order valence-corrected chi connectivity index (χ1v) is 7.00. The van der Waals surface area contributed by atoms with Crippen molar-refractivity contribution in [2.24, 2.45) is 0 Å². The fraction of sp³-hybridized carbons (Fsp3) is 0.438. The van der Waals surface area contributed by atoms with E-state index in [1.54, 1.807) is 0 Å². The molecule has 0 radical (unpaired) electrons. The van der Waals surface area contributed by atoms with Gasteiger partial charge in [-0.15, -0.1) is 0 Å². The first-order chi connectivity index (χ1) is 9.77. The lowest BCUT2D eigenvalue weighted by Crippen LogP contribution is -2.28. The molecule has 0 atom stereocenters. The lowest BCUT2D eigenvalue weighted by atomic mass is 10.2. The predicted molar refractivity (Wildman–Crippen MR) is 78.8 cm³/mol. The molecule has 4 nitrogen and oxygen atoms in total. The molecule has 1 aromatic rings. The average molecular weight is 275 g/mol. The molecule has 0 unspecified atom stereocenters. The normalized spacial score (nSPS) is 18.9. The Balaban J connectivity index is 1.95. The van der Waals surface area contributed by atoms with Gasteiger partial charge in [0.15, 0.2) is 0 Å². The van der Waals surface area contributed by atoms with Crippen LogP contribution in [0.2, 0.25) is 0 Å². The largest absolute Gasteiger partial charge is 0.462 e. The van der Waals surface area contributed by atoms with E-state index in [9.17, 15) is 4.79 Å². The third-order valence-corrected chi connectivity index (χ3v) is 3.21. The lowest BCUT2D eigenvalue weighted by molar-refractivity contribution is -0.139. The summed E-state index contributed by atoms with van der Waals surface area (Å²) in [5.41, 5.74) is 1.59. The van der Waals surface area contributed by atoms with Gasteiger partial charge in [0.1, 0.15) is 0 Å².